The standard InChI is InChI=1S/10C6H6O.3H2O.4Ti/c10*7-6-4-2-1-3-5-6;;;;;;;/h10*1-5,7H;3*1H2;;;;. The van der Waals surface area contributed by atoms with Crippen molar-refractivity contribution in [3.05, 3.63) is 303 Å². The van der Waals surface area contributed by atoms with Crippen molar-refractivity contribution in [3.8, 4) is 57.5 Å². The average molecular weight is 1190 g/mol. The van der Waals surface area contributed by atoms with Gasteiger partial charge in [0.15, 0.2) is 0 Å². The van der Waals surface area contributed by atoms with E-state index >= 15 is 0 Å². The predicted octanol–water partition coefficient (Wildman–Crippen LogP) is 11.4. The number of hydrogen-bond donors (Lipinski definition) is 10. The molecule has 16 N–H and O–H groups in total. The molecule has 0 unspecified atom stereocenters. The van der Waals surface area contributed by atoms with Crippen LogP contribution < -0.4 is 0 Å². The summed E-state index contributed by atoms with van der Waals surface area (Å²) >= 11 is 0. The Hall–Kier alpha value is -7.06. The quantitative estimate of drug-likeness (QED) is 0.0640. The van der Waals surface area contributed by atoms with E-state index in [0.29, 0.717) is 57.5 Å². The maximum atomic E-state index is 8.63. The monoisotopic (exact) mass is 1190 g/mol. The fraction of sp³-hybridized carbons (Fsp3) is 0. The van der Waals surface area contributed by atoms with Gasteiger partial charge in [-0.2, -0.15) is 0 Å². The van der Waals surface area contributed by atoms with Crippen molar-refractivity contribution in [1.29, 1.82) is 0 Å². The summed E-state index contributed by atoms with van der Waals surface area (Å²) in [5, 5.41) is 86.3. The van der Waals surface area contributed by atoms with Crippen molar-refractivity contribution in [3.63, 3.8) is 0 Å². The van der Waals surface area contributed by atoms with Crippen LogP contribution in [-0.4, -0.2) is 67.5 Å². The molecule has 0 aromatic heterocycles. The van der Waals surface area contributed by atoms with E-state index in [2.05, 4.69) is 0 Å². The Labute approximate surface area is 510 Å². The van der Waals surface area contributed by atoms with Crippen LogP contribution in [-0.2, 0) is 86.9 Å². The minimum atomic E-state index is 0. The minimum absolute atomic E-state index is 0. The third-order valence-corrected chi connectivity index (χ3v) is 7.56. The van der Waals surface area contributed by atoms with Gasteiger partial charge < -0.3 is 67.5 Å². The van der Waals surface area contributed by atoms with Crippen molar-refractivity contribution in [2.45, 2.75) is 0 Å². The molecule has 0 radical (unpaired) electrons. The summed E-state index contributed by atoms with van der Waals surface area (Å²) in [6, 6.07) is 87.1. The molecule has 0 bridgehead atoms. The number of aromatic hydroxyl groups is 10. The molecule has 0 aliphatic carbocycles. The Morgan fingerprint density at radius 3 is 0.195 bits per heavy atom. The summed E-state index contributed by atoms with van der Waals surface area (Å²) in [6.07, 6.45) is 0. The van der Waals surface area contributed by atoms with E-state index in [1.54, 1.807) is 243 Å². The Morgan fingerprint density at radius 1 is 0.117 bits per heavy atom. The summed E-state index contributed by atoms with van der Waals surface area (Å²) in [7, 11) is 0. The van der Waals surface area contributed by atoms with E-state index in [4.69, 9.17) is 51.1 Å². The largest absolute Gasteiger partial charge is 0.508 e. The molecule has 0 aliphatic heterocycles. The minimum Gasteiger partial charge on any atom is -0.508 e. The first-order valence-electron chi connectivity index (χ1n) is 21.3. The molecule has 10 aromatic rings. The van der Waals surface area contributed by atoms with Gasteiger partial charge in [0.1, 0.15) is 57.5 Å². The second-order valence-electron chi connectivity index (χ2n) is 13.4. The van der Waals surface area contributed by atoms with Crippen molar-refractivity contribution in [2.24, 2.45) is 0 Å². The van der Waals surface area contributed by atoms with E-state index in [0.717, 1.165) is 0 Å². The molecule has 400 valence electrons. The van der Waals surface area contributed by atoms with Crippen molar-refractivity contribution >= 4 is 0 Å². The van der Waals surface area contributed by atoms with E-state index in [1.807, 2.05) is 60.7 Å². The molecule has 10 aromatic carbocycles. The molecule has 0 aliphatic rings. The first-order chi connectivity index (χ1) is 33.9. The van der Waals surface area contributed by atoms with Crippen LogP contribution in [0.5, 0.6) is 57.5 Å². The van der Waals surface area contributed by atoms with Crippen LogP contribution in [0.2, 0.25) is 0 Å². The maximum Gasteiger partial charge on any atom is 0.115 e. The second-order valence-corrected chi connectivity index (χ2v) is 13.4. The van der Waals surface area contributed by atoms with Crippen molar-refractivity contribution < 1.29 is 154 Å². The third kappa shape index (κ3) is 58.1. The average Bonchev–Trinajstić information content (AvgIpc) is 3.38. The summed E-state index contributed by atoms with van der Waals surface area (Å²) in [5.41, 5.74) is 0. The number of rotatable bonds is 0. The summed E-state index contributed by atoms with van der Waals surface area (Å²) in [6.45, 7) is 0. The van der Waals surface area contributed by atoms with Crippen LogP contribution >= 0.6 is 0 Å². The fourth-order valence-electron chi connectivity index (χ4n) is 4.28. The van der Waals surface area contributed by atoms with Gasteiger partial charge in [-0.25, -0.2) is 0 Å². The van der Waals surface area contributed by atoms with Crippen LogP contribution in [0.4, 0.5) is 0 Å². The van der Waals surface area contributed by atoms with Crippen LogP contribution in [0.1, 0.15) is 0 Å². The van der Waals surface area contributed by atoms with Crippen LogP contribution in [0.15, 0.2) is 303 Å². The molecule has 0 fully saturated rings. The van der Waals surface area contributed by atoms with Gasteiger partial charge in [-0.05, 0) is 121 Å². The van der Waals surface area contributed by atoms with Gasteiger partial charge in [0.2, 0.25) is 0 Å². The molecule has 13 nitrogen and oxygen atoms in total. The molecule has 0 spiro atoms. The van der Waals surface area contributed by atoms with Gasteiger partial charge >= 0.3 is 0 Å². The molecule has 77 heavy (non-hydrogen) atoms. The van der Waals surface area contributed by atoms with Crippen LogP contribution in [0.25, 0.3) is 0 Å². The molecular weight excluding hydrogens is 1120 g/mol. The van der Waals surface area contributed by atoms with E-state index < -0.39 is 0 Å². The van der Waals surface area contributed by atoms with Gasteiger partial charge in [0.05, 0.1) is 0 Å². The zero-order chi connectivity index (χ0) is 51.1. The molecule has 0 amide bonds. The Bertz CT molecular complexity index is 1990. The van der Waals surface area contributed by atoms with Gasteiger partial charge in [-0.3, -0.25) is 0 Å². The van der Waals surface area contributed by atoms with Gasteiger partial charge in [0, 0.05) is 86.9 Å². The Kier molecular flexibility index (Phi) is 65.2. The summed E-state index contributed by atoms with van der Waals surface area (Å²) in [4.78, 5) is 0. The van der Waals surface area contributed by atoms with Gasteiger partial charge in [-0.15, -0.1) is 0 Å². The van der Waals surface area contributed by atoms with Crippen molar-refractivity contribution in [2.75, 3.05) is 0 Å². The molecule has 0 atom stereocenters. The van der Waals surface area contributed by atoms with Crippen LogP contribution in [0.3, 0.4) is 0 Å². The summed E-state index contributed by atoms with van der Waals surface area (Å²) < 4.78 is 0. The number of phenolic OH excluding ortho intramolecular Hbond substituents is 10. The molecule has 17 heteroatoms. The number of para-hydroxylation sites is 10. The van der Waals surface area contributed by atoms with E-state index in [1.165, 1.54) is 0 Å². The normalized spacial score (nSPS) is 7.79. The number of benzene rings is 10. The third-order valence-electron chi connectivity index (χ3n) is 7.56. The second kappa shape index (κ2) is 59.8. The predicted molar refractivity (Wildman–Crippen MR) is 292 cm³/mol. The number of hydrogen-bond acceptors (Lipinski definition) is 10. The van der Waals surface area contributed by atoms with E-state index in [9.17, 15) is 0 Å². The zero-order valence-electron chi connectivity index (χ0n) is 41.8. The molecule has 0 saturated carbocycles. The molecule has 10 rings (SSSR count). The first-order valence-corrected chi connectivity index (χ1v) is 21.3. The zero-order valence-corrected chi connectivity index (χ0v) is 48.1. The number of phenols is 10. The molecule has 0 heterocycles. The first kappa shape index (κ1) is 83.9. The summed E-state index contributed by atoms with van der Waals surface area (Å²) in [5.74, 6) is 3.22. The Morgan fingerprint density at radius 2 is 0.169 bits per heavy atom. The topological polar surface area (TPSA) is 297 Å². The van der Waals surface area contributed by atoms with Gasteiger partial charge in [0.25, 0.3) is 0 Å². The van der Waals surface area contributed by atoms with Crippen LogP contribution in [0, 0.1) is 0 Å². The smallest absolute Gasteiger partial charge is 0.115 e. The fourth-order valence-corrected chi connectivity index (χ4v) is 4.28. The Balaban J connectivity index is -0.000000140. The maximum absolute atomic E-state index is 8.63. The molecule has 0 saturated heterocycles. The SMILES string of the molecule is O.O.O.Oc1ccccc1.Oc1ccccc1.Oc1ccccc1.Oc1ccccc1.Oc1ccccc1.Oc1ccccc1.Oc1ccccc1.Oc1ccccc1.Oc1ccccc1.Oc1ccccc1.[Ti].[Ti].[Ti].[Ti]. The van der Waals surface area contributed by atoms with Crippen molar-refractivity contribution in [1.82, 2.24) is 0 Å². The molecular formula is C60H66O13Ti4. The van der Waals surface area contributed by atoms with Gasteiger partial charge in [-0.1, -0.05) is 182 Å². The van der Waals surface area contributed by atoms with E-state index in [-0.39, 0.29) is 103 Å².